The van der Waals surface area contributed by atoms with E-state index in [1.807, 2.05) is 30.3 Å². The number of carbonyl (C=O) groups excluding carboxylic acids is 1. The molecule has 7 heteroatoms. The van der Waals surface area contributed by atoms with Gasteiger partial charge in [-0.05, 0) is 12.0 Å². The third-order valence-electron chi connectivity index (χ3n) is 2.75. The molecule has 0 saturated carbocycles. The molecule has 0 fully saturated rings. The minimum absolute atomic E-state index is 0.0628. The van der Waals surface area contributed by atoms with Crippen molar-refractivity contribution in [1.29, 1.82) is 0 Å². The fourth-order valence-corrected chi connectivity index (χ4v) is 1.89. The maximum Gasteiger partial charge on any atom is 0.243 e. The molecular weight excluding hydrogens is 292 g/mol. The first-order chi connectivity index (χ1) is 10.1. The standard InChI is InChI=1S/C14H15ClN4O2/c1-21-12-8-11(15)17-14(18-12)19-13(20)10(16)7-9-5-3-2-4-6-9/h2-6,8,10H,7,16H2,1H3,(H,17,18,19,20)/t10-/m0/s1. The van der Waals surface area contributed by atoms with Crippen LogP contribution in [0.1, 0.15) is 5.56 Å². The van der Waals surface area contributed by atoms with Crippen LogP contribution in [0.15, 0.2) is 36.4 Å². The third-order valence-corrected chi connectivity index (χ3v) is 2.94. The number of amides is 1. The summed E-state index contributed by atoms with van der Waals surface area (Å²) in [6.07, 6.45) is 0.421. The summed E-state index contributed by atoms with van der Waals surface area (Å²) in [5, 5.41) is 2.70. The lowest BCUT2D eigenvalue weighted by atomic mass is 10.1. The van der Waals surface area contributed by atoms with Crippen molar-refractivity contribution in [2.45, 2.75) is 12.5 Å². The predicted octanol–water partition coefficient (Wildman–Crippen LogP) is 1.65. The van der Waals surface area contributed by atoms with Gasteiger partial charge in [0.2, 0.25) is 17.7 Å². The van der Waals surface area contributed by atoms with Gasteiger partial charge < -0.3 is 10.5 Å². The van der Waals surface area contributed by atoms with Crippen molar-refractivity contribution < 1.29 is 9.53 Å². The van der Waals surface area contributed by atoms with Crippen molar-refractivity contribution in [2.75, 3.05) is 12.4 Å². The monoisotopic (exact) mass is 306 g/mol. The van der Waals surface area contributed by atoms with Gasteiger partial charge in [-0.1, -0.05) is 41.9 Å². The molecule has 0 spiro atoms. The van der Waals surface area contributed by atoms with Gasteiger partial charge in [0.1, 0.15) is 5.15 Å². The van der Waals surface area contributed by atoms with E-state index in [9.17, 15) is 4.79 Å². The van der Waals surface area contributed by atoms with Gasteiger partial charge >= 0.3 is 0 Å². The maximum atomic E-state index is 12.0. The molecule has 2 aromatic rings. The number of carbonyl (C=O) groups is 1. The van der Waals surface area contributed by atoms with Crippen LogP contribution in [0, 0.1) is 0 Å². The highest BCUT2D eigenvalue weighted by atomic mass is 35.5. The average molecular weight is 307 g/mol. The van der Waals surface area contributed by atoms with Crippen LogP contribution in [0.25, 0.3) is 0 Å². The van der Waals surface area contributed by atoms with Crippen molar-refractivity contribution >= 4 is 23.5 Å². The van der Waals surface area contributed by atoms with Crippen molar-refractivity contribution in [2.24, 2.45) is 5.73 Å². The van der Waals surface area contributed by atoms with Gasteiger partial charge in [0, 0.05) is 6.07 Å². The summed E-state index contributed by atoms with van der Waals surface area (Å²) in [6, 6.07) is 10.2. The fraction of sp³-hybridized carbons (Fsp3) is 0.214. The summed E-state index contributed by atoms with van der Waals surface area (Å²) in [6.45, 7) is 0. The Morgan fingerprint density at radius 2 is 2.10 bits per heavy atom. The van der Waals surface area contributed by atoms with E-state index < -0.39 is 6.04 Å². The molecule has 0 aliphatic carbocycles. The van der Waals surface area contributed by atoms with Crippen LogP contribution < -0.4 is 15.8 Å². The average Bonchev–Trinajstić information content (AvgIpc) is 2.47. The number of methoxy groups -OCH3 is 1. The Labute approximate surface area is 127 Å². The smallest absolute Gasteiger partial charge is 0.243 e. The van der Waals surface area contributed by atoms with E-state index in [2.05, 4.69) is 15.3 Å². The molecule has 0 aliphatic heterocycles. The van der Waals surface area contributed by atoms with Crippen LogP contribution >= 0.6 is 11.6 Å². The lowest BCUT2D eigenvalue weighted by molar-refractivity contribution is -0.117. The quantitative estimate of drug-likeness (QED) is 0.820. The molecule has 0 unspecified atom stereocenters. The van der Waals surface area contributed by atoms with Gasteiger partial charge in [-0.2, -0.15) is 4.98 Å². The Bertz CT molecular complexity index is 622. The zero-order chi connectivity index (χ0) is 15.2. The van der Waals surface area contributed by atoms with Crippen LogP contribution in [0.5, 0.6) is 5.88 Å². The highest BCUT2D eigenvalue weighted by Gasteiger charge is 2.16. The first-order valence-electron chi connectivity index (χ1n) is 6.27. The third kappa shape index (κ3) is 4.40. The zero-order valence-electron chi connectivity index (χ0n) is 11.4. The van der Waals surface area contributed by atoms with Crippen molar-refractivity contribution in [3.8, 4) is 5.88 Å². The highest BCUT2D eigenvalue weighted by molar-refractivity contribution is 6.29. The number of benzene rings is 1. The second kappa shape index (κ2) is 7.01. The predicted molar refractivity (Wildman–Crippen MR) is 80.3 cm³/mol. The number of nitrogens with zero attached hydrogens (tertiary/aromatic N) is 2. The van der Waals surface area contributed by atoms with Gasteiger partial charge in [-0.25, -0.2) is 4.98 Å². The number of halogens is 1. The van der Waals surface area contributed by atoms with E-state index in [0.29, 0.717) is 6.42 Å². The molecule has 1 amide bonds. The molecule has 3 N–H and O–H groups in total. The summed E-state index contributed by atoms with van der Waals surface area (Å²) >= 11 is 5.81. The lowest BCUT2D eigenvalue weighted by Gasteiger charge is -2.12. The van der Waals surface area contributed by atoms with Gasteiger partial charge in [0.25, 0.3) is 0 Å². The number of hydrogen-bond acceptors (Lipinski definition) is 5. The number of hydrogen-bond donors (Lipinski definition) is 2. The number of aromatic nitrogens is 2. The normalized spacial score (nSPS) is 11.8. The van der Waals surface area contributed by atoms with Crippen LogP contribution in [-0.4, -0.2) is 29.0 Å². The Morgan fingerprint density at radius 1 is 1.38 bits per heavy atom. The SMILES string of the molecule is COc1cc(Cl)nc(NC(=O)[C@@H](N)Cc2ccccc2)n1. The van der Waals surface area contributed by atoms with E-state index in [0.717, 1.165) is 5.56 Å². The summed E-state index contributed by atoms with van der Waals surface area (Å²) in [4.78, 5) is 19.9. The van der Waals surface area contributed by atoms with Crippen molar-refractivity contribution in [3.63, 3.8) is 0 Å². The molecule has 1 heterocycles. The van der Waals surface area contributed by atoms with Crippen LogP contribution in [-0.2, 0) is 11.2 Å². The van der Waals surface area contributed by atoms with E-state index >= 15 is 0 Å². The summed E-state index contributed by atoms with van der Waals surface area (Å²) in [7, 11) is 1.45. The molecule has 1 atom stereocenters. The topological polar surface area (TPSA) is 90.1 Å². The molecule has 21 heavy (non-hydrogen) atoms. The Kier molecular flexibility index (Phi) is 5.08. The number of ether oxygens (including phenoxy) is 1. The Morgan fingerprint density at radius 3 is 2.76 bits per heavy atom. The second-order valence-electron chi connectivity index (χ2n) is 4.34. The van der Waals surface area contributed by atoms with E-state index in [4.69, 9.17) is 22.1 Å². The van der Waals surface area contributed by atoms with E-state index in [-0.39, 0.29) is 22.9 Å². The lowest BCUT2D eigenvalue weighted by Crippen LogP contribution is -2.37. The molecule has 1 aromatic carbocycles. The van der Waals surface area contributed by atoms with Gasteiger partial charge in [0.05, 0.1) is 13.2 Å². The minimum Gasteiger partial charge on any atom is -0.481 e. The summed E-state index contributed by atoms with van der Waals surface area (Å²) in [5.74, 6) is -0.0574. The molecule has 6 nitrogen and oxygen atoms in total. The summed E-state index contributed by atoms with van der Waals surface area (Å²) < 4.78 is 4.96. The van der Waals surface area contributed by atoms with Crippen LogP contribution in [0.4, 0.5) is 5.95 Å². The van der Waals surface area contributed by atoms with E-state index in [1.165, 1.54) is 13.2 Å². The molecule has 110 valence electrons. The second-order valence-corrected chi connectivity index (χ2v) is 4.73. The Hall–Kier alpha value is -2.18. The Balaban J connectivity index is 2.02. The first-order valence-corrected chi connectivity index (χ1v) is 6.65. The van der Waals surface area contributed by atoms with Gasteiger partial charge in [-0.3, -0.25) is 10.1 Å². The van der Waals surface area contributed by atoms with Crippen molar-refractivity contribution in [3.05, 3.63) is 47.1 Å². The van der Waals surface area contributed by atoms with Crippen LogP contribution in [0.3, 0.4) is 0 Å². The largest absolute Gasteiger partial charge is 0.481 e. The molecule has 0 radical (unpaired) electrons. The fourth-order valence-electron chi connectivity index (χ4n) is 1.72. The highest BCUT2D eigenvalue weighted by Crippen LogP contribution is 2.15. The molecule has 1 aromatic heterocycles. The molecule has 0 bridgehead atoms. The van der Waals surface area contributed by atoms with Gasteiger partial charge in [0.15, 0.2) is 0 Å². The number of anilines is 1. The minimum atomic E-state index is -0.707. The number of rotatable bonds is 5. The van der Waals surface area contributed by atoms with Gasteiger partial charge in [-0.15, -0.1) is 0 Å². The molecule has 2 rings (SSSR count). The molecule has 0 aliphatic rings. The van der Waals surface area contributed by atoms with Crippen molar-refractivity contribution in [1.82, 2.24) is 9.97 Å². The molecule has 0 saturated heterocycles. The number of nitrogens with one attached hydrogen (secondary N) is 1. The molecular formula is C14H15ClN4O2. The van der Waals surface area contributed by atoms with Crippen LogP contribution in [0.2, 0.25) is 5.15 Å². The first kappa shape index (κ1) is 15.2. The number of nitrogens with two attached hydrogens (primary N) is 1. The zero-order valence-corrected chi connectivity index (χ0v) is 12.2. The van der Waals surface area contributed by atoms with E-state index in [1.54, 1.807) is 0 Å². The summed E-state index contributed by atoms with van der Waals surface area (Å²) in [5.41, 5.74) is 6.85. The maximum absolute atomic E-state index is 12.0.